The van der Waals surface area contributed by atoms with Gasteiger partial charge in [0.05, 0.1) is 6.20 Å². The molecule has 0 bridgehead atoms. The first-order chi connectivity index (χ1) is 7.25. The van der Waals surface area contributed by atoms with Crippen LogP contribution < -0.4 is 0 Å². The smallest absolute Gasteiger partial charge is 0.225 e. The fourth-order valence-electron chi connectivity index (χ4n) is 1.42. The summed E-state index contributed by atoms with van der Waals surface area (Å²) in [6.45, 7) is 1.59. The first-order valence-corrected chi connectivity index (χ1v) is 4.74. The predicted octanol–water partition coefficient (Wildman–Crippen LogP) is 2.47. The molecule has 76 valence electrons. The molecule has 0 fully saturated rings. The van der Waals surface area contributed by atoms with Crippen LogP contribution in [0.15, 0.2) is 41.1 Å². The molecular weight excluding hydrogens is 190 g/mol. The lowest BCUT2D eigenvalue weighted by Gasteiger charge is -1.99. The molecule has 0 saturated heterocycles. The Bertz CT molecular complexity index is 443. The third-order valence-corrected chi connectivity index (χ3v) is 2.09. The maximum Gasteiger partial charge on any atom is 0.225 e. The predicted molar refractivity (Wildman–Crippen MR) is 56.3 cm³/mol. The molecule has 3 heteroatoms. The number of carbonyl (C=O) groups excluding carboxylic acids is 1. The Kier molecular flexibility index (Phi) is 2.63. The van der Waals surface area contributed by atoms with Crippen molar-refractivity contribution in [1.29, 1.82) is 0 Å². The van der Waals surface area contributed by atoms with Crippen LogP contribution in [-0.2, 0) is 11.2 Å². The van der Waals surface area contributed by atoms with Gasteiger partial charge in [-0.25, -0.2) is 4.98 Å². The van der Waals surface area contributed by atoms with E-state index >= 15 is 0 Å². The lowest BCUT2D eigenvalue weighted by atomic mass is 10.1. The first kappa shape index (κ1) is 9.65. The number of oxazole rings is 1. The molecule has 0 amide bonds. The van der Waals surface area contributed by atoms with Crippen molar-refractivity contribution in [3.8, 4) is 11.5 Å². The molecule has 0 unspecified atom stereocenters. The van der Waals surface area contributed by atoms with E-state index in [1.54, 1.807) is 19.4 Å². The number of hydrogen-bond donors (Lipinski definition) is 0. The van der Waals surface area contributed by atoms with Gasteiger partial charge in [-0.15, -0.1) is 0 Å². The van der Waals surface area contributed by atoms with Gasteiger partial charge in [0.25, 0.3) is 0 Å². The van der Waals surface area contributed by atoms with Crippen molar-refractivity contribution < 1.29 is 9.21 Å². The summed E-state index contributed by atoms with van der Waals surface area (Å²) in [6.07, 6.45) is 3.63. The summed E-state index contributed by atoms with van der Waals surface area (Å²) in [5.74, 6) is 0.767. The number of hydrogen-bond acceptors (Lipinski definition) is 3. The number of ketones is 1. The van der Waals surface area contributed by atoms with Gasteiger partial charge in [-0.3, -0.25) is 4.79 Å². The van der Waals surface area contributed by atoms with E-state index < -0.39 is 0 Å². The minimum absolute atomic E-state index is 0.166. The molecule has 1 heterocycles. The minimum atomic E-state index is 0.166. The summed E-state index contributed by atoms with van der Waals surface area (Å²) in [6, 6.07) is 7.65. The van der Waals surface area contributed by atoms with E-state index in [1.165, 1.54) is 0 Å². The maximum absolute atomic E-state index is 10.9. The fraction of sp³-hybridized carbons (Fsp3) is 0.167. The molecule has 3 nitrogen and oxygen atoms in total. The number of rotatable bonds is 3. The summed E-state index contributed by atoms with van der Waals surface area (Å²) in [4.78, 5) is 14.9. The van der Waals surface area contributed by atoms with Crippen LogP contribution in [0.3, 0.4) is 0 Å². The summed E-state index contributed by atoms with van der Waals surface area (Å²) >= 11 is 0. The quantitative estimate of drug-likeness (QED) is 0.766. The minimum Gasteiger partial charge on any atom is -0.445 e. The van der Waals surface area contributed by atoms with E-state index in [1.807, 2.05) is 24.3 Å². The van der Waals surface area contributed by atoms with Crippen LogP contribution in [0.4, 0.5) is 0 Å². The van der Waals surface area contributed by atoms with Gasteiger partial charge < -0.3 is 4.42 Å². The Morgan fingerprint density at radius 3 is 2.60 bits per heavy atom. The maximum atomic E-state index is 10.9. The zero-order valence-corrected chi connectivity index (χ0v) is 8.43. The van der Waals surface area contributed by atoms with E-state index in [9.17, 15) is 4.79 Å². The highest BCUT2D eigenvalue weighted by molar-refractivity contribution is 5.78. The molecule has 0 aliphatic rings. The van der Waals surface area contributed by atoms with Crippen molar-refractivity contribution in [2.75, 3.05) is 0 Å². The Morgan fingerprint density at radius 2 is 2.07 bits per heavy atom. The molecule has 1 aromatic heterocycles. The zero-order chi connectivity index (χ0) is 10.7. The zero-order valence-electron chi connectivity index (χ0n) is 8.43. The topological polar surface area (TPSA) is 43.1 Å². The summed E-state index contributed by atoms with van der Waals surface area (Å²) < 4.78 is 5.16. The van der Waals surface area contributed by atoms with Crippen molar-refractivity contribution >= 4 is 5.78 Å². The SMILES string of the molecule is CC(=O)Cc1ccc(-c2ncco2)cc1. The highest BCUT2D eigenvalue weighted by atomic mass is 16.3. The monoisotopic (exact) mass is 201 g/mol. The standard InChI is InChI=1S/C12H11NO2/c1-9(14)8-10-2-4-11(5-3-10)12-13-6-7-15-12/h2-7H,8H2,1H3. The van der Waals surface area contributed by atoms with Crippen LogP contribution in [0.5, 0.6) is 0 Å². The molecule has 0 N–H and O–H groups in total. The Morgan fingerprint density at radius 1 is 1.33 bits per heavy atom. The second-order valence-electron chi connectivity index (χ2n) is 3.41. The Hall–Kier alpha value is -1.90. The molecule has 0 aliphatic carbocycles. The lowest BCUT2D eigenvalue weighted by Crippen LogP contribution is -1.95. The number of carbonyl (C=O) groups is 1. The van der Waals surface area contributed by atoms with Crippen molar-refractivity contribution in [1.82, 2.24) is 4.98 Å². The normalized spacial score (nSPS) is 10.2. The van der Waals surface area contributed by atoms with E-state index in [-0.39, 0.29) is 5.78 Å². The largest absolute Gasteiger partial charge is 0.445 e. The van der Waals surface area contributed by atoms with Gasteiger partial charge in [-0.2, -0.15) is 0 Å². The van der Waals surface area contributed by atoms with Crippen molar-refractivity contribution in [2.24, 2.45) is 0 Å². The van der Waals surface area contributed by atoms with Crippen LogP contribution in [0.1, 0.15) is 12.5 Å². The number of nitrogens with zero attached hydrogens (tertiary/aromatic N) is 1. The van der Waals surface area contributed by atoms with E-state index in [2.05, 4.69) is 4.98 Å². The Labute approximate surface area is 87.8 Å². The molecule has 0 atom stereocenters. The van der Waals surface area contributed by atoms with Gasteiger partial charge in [0.1, 0.15) is 12.0 Å². The second kappa shape index (κ2) is 4.09. The van der Waals surface area contributed by atoms with Gasteiger partial charge >= 0.3 is 0 Å². The second-order valence-corrected chi connectivity index (χ2v) is 3.41. The third-order valence-electron chi connectivity index (χ3n) is 2.09. The van der Waals surface area contributed by atoms with Gasteiger partial charge in [0.2, 0.25) is 5.89 Å². The molecule has 15 heavy (non-hydrogen) atoms. The van der Waals surface area contributed by atoms with E-state index in [0.717, 1.165) is 11.1 Å². The van der Waals surface area contributed by atoms with Crippen molar-refractivity contribution in [3.63, 3.8) is 0 Å². The van der Waals surface area contributed by atoms with Crippen molar-refractivity contribution in [3.05, 3.63) is 42.3 Å². The third kappa shape index (κ3) is 2.31. The molecule has 0 aliphatic heterocycles. The van der Waals surface area contributed by atoms with Crippen LogP contribution >= 0.6 is 0 Å². The number of benzene rings is 1. The molecular formula is C12H11NO2. The molecule has 2 aromatic rings. The molecule has 1 aromatic carbocycles. The molecule has 0 saturated carbocycles. The van der Waals surface area contributed by atoms with Gasteiger partial charge in [-0.1, -0.05) is 12.1 Å². The lowest BCUT2D eigenvalue weighted by molar-refractivity contribution is -0.116. The number of aromatic nitrogens is 1. The first-order valence-electron chi connectivity index (χ1n) is 4.74. The Balaban J connectivity index is 2.21. The highest BCUT2D eigenvalue weighted by Gasteiger charge is 2.02. The molecule has 0 radical (unpaired) electrons. The molecule has 2 rings (SSSR count). The van der Waals surface area contributed by atoms with Crippen LogP contribution in [0.25, 0.3) is 11.5 Å². The van der Waals surface area contributed by atoms with Gasteiger partial charge in [-0.05, 0) is 24.6 Å². The molecule has 0 spiro atoms. The van der Waals surface area contributed by atoms with Crippen LogP contribution in [0, 0.1) is 0 Å². The van der Waals surface area contributed by atoms with Crippen molar-refractivity contribution in [2.45, 2.75) is 13.3 Å². The summed E-state index contributed by atoms with van der Waals surface area (Å²) in [5, 5.41) is 0. The van der Waals surface area contributed by atoms with Crippen LogP contribution in [-0.4, -0.2) is 10.8 Å². The number of Topliss-reactive ketones (excluding diaryl/α,β-unsaturated/α-hetero) is 1. The van der Waals surface area contributed by atoms with Gasteiger partial charge in [0.15, 0.2) is 0 Å². The summed E-state index contributed by atoms with van der Waals surface area (Å²) in [5.41, 5.74) is 1.94. The average Bonchev–Trinajstić information content (AvgIpc) is 2.71. The fourth-order valence-corrected chi connectivity index (χ4v) is 1.42. The van der Waals surface area contributed by atoms with E-state index in [4.69, 9.17) is 4.42 Å². The van der Waals surface area contributed by atoms with E-state index in [0.29, 0.717) is 12.3 Å². The van der Waals surface area contributed by atoms with Gasteiger partial charge in [0, 0.05) is 12.0 Å². The average molecular weight is 201 g/mol. The summed E-state index contributed by atoms with van der Waals surface area (Å²) in [7, 11) is 0. The highest BCUT2D eigenvalue weighted by Crippen LogP contribution is 2.17. The van der Waals surface area contributed by atoms with Crippen LogP contribution in [0.2, 0.25) is 0 Å².